The molecule has 0 amide bonds. The summed E-state index contributed by atoms with van der Waals surface area (Å²) < 4.78 is 0. The number of anilines is 1. The highest BCUT2D eigenvalue weighted by molar-refractivity contribution is 6.24. The van der Waals surface area contributed by atoms with Gasteiger partial charge in [0.25, 0.3) is 5.69 Å². The molecule has 3 N–H and O–H groups in total. The van der Waals surface area contributed by atoms with E-state index in [0.717, 1.165) is 13.1 Å². The van der Waals surface area contributed by atoms with Gasteiger partial charge in [-0.1, -0.05) is 19.9 Å². The van der Waals surface area contributed by atoms with Gasteiger partial charge >= 0.3 is 0 Å². The van der Waals surface area contributed by atoms with Crippen molar-refractivity contribution in [3.8, 4) is 0 Å². The molecule has 0 aromatic heterocycles. The third kappa shape index (κ3) is 11.5. The number of rotatable bonds is 4. The molecule has 1 aliphatic rings. The van der Waals surface area contributed by atoms with E-state index in [4.69, 9.17) is 11.8 Å². The molecular formula is C12H21ClN4O2. The first-order chi connectivity index (χ1) is 9.15. The Balaban J connectivity index is 0.000000333. The molecule has 0 saturated carbocycles. The quantitative estimate of drug-likeness (QED) is 0.342. The van der Waals surface area contributed by atoms with Crippen molar-refractivity contribution in [1.29, 1.82) is 0 Å². The summed E-state index contributed by atoms with van der Waals surface area (Å²) in [6, 6.07) is 5.95. The highest BCUT2D eigenvalue weighted by Crippen LogP contribution is 2.16. The van der Waals surface area contributed by atoms with Crippen LogP contribution in [0.3, 0.4) is 0 Å². The van der Waals surface area contributed by atoms with Gasteiger partial charge in [0.2, 0.25) is 0 Å². The maximum absolute atomic E-state index is 10.2. The molecule has 19 heavy (non-hydrogen) atoms. The molecule has 0 radical (unpaired) electrons. The highest BCUT2D eigenvalue weighted by atomic mass is 35.5. The van der Waals surface area contributed by atoms with Crippen LogP contribution in [0.5, 0.6) is 0 Å². The number of hydrogen-bond donors (Lipinski definition) is 3. The molecule has 1 saturated heterocycles. The van der Waals surface area contributed by atoms with Crippen molar-refractivity contribution in [1.82, 2.24) is 10.6 Å². The van der Waals surface area contributed by atoms with Crippen LogP contribution in [0.4, 0.5) is 11.4 Å². The Bertz CT molecular complexity index is 357. The molecule has 1 heterocycles. The van der Waals surface area contributed by atoms with Crippen molar-refractivity contribution in [2.24, 2.45) is 0 Å². The van der Waals surface area contributed by atoms with Gasteiger partial charge in [-0.3, -0.25) is 15.0 Å². The van der Waals surface area contributed by atoms with E-state index in [1.807, 2.05) is 0 Å². The largest absolute Gasteiger partial charge is 0.317 e. The monoisotopic (exact) mass is 288 g/mol. The van der Waals surface area contributed by atoms with E-state index in [0.29, 0.717) is 5.69 Å². The van der Waals surface area contributed by atoms with Crippen molar-refractivity contribution < 1.29 is 4.92 Å². The second kappa shape index (κ2) is 11.7. The third-order valence-electron chi connectivity index (χ3n) is 1.92. The third-order valence-corrected chi connectivity index (χ3v) is 2.13. The average molecular weight is 289 g/mol. The van der Waals surface area contributed by atoms with E-state index in [-0.39, 0.29) is 5.69 Å². The minimum atomic E-state index is -0.474. The van der Waals surface area contributed by atoms with Crippen LogP contribution in [-0.2, 0) is 0 Å². The molecule has 0 unspecified atom stereocenters. The summed E-state index contributed by atoms with van der Waals surface area (Å²) in [5.41, 5.74) is 0.538. The second-order valence-electron chi connectivity index (χ2n) is 3.61. The van der Waals surface area contributed by atoms with Crippen LogP contribution >= 0.6 is 11.8 Å². The van der Waals surface area contributed by atoms with Crippen molar-refractivity contribution in [2.45, 2.75) is 13.8 Å². The Morgan fingerprint density at radius 1 is 1.37 bits per heavy atom. The van der Waals surface area contributed by atoms with E-state index in [1.165, 1.54) is 25.2 Å². The van der Waals surface area contributed by atoms with E-state index in [1.54, 1.807) is 12.1 Å². The number of non-ortho nitro benzene ring substituents is 1. The van der Waals surface area contributed by atoms with Gasteiger partial charge in [0.1, 0.15) is 0 Å². The Kier molecular flexibility index (Phi) is 10.9. The maximum Gasteiger partial charge on any atom is 0.271 e. The number of nitrogens with one attached hydrogen (secondary N) is 3. The summed E-state index contributed by atoms with van der Waals surface area (Å²) in [6.07, 6.45) is 0. The summed E-state index contributed by atoms with van der Waals surface area (Å²) in [4.78, 5) is 12.0. The zero-order valence-corrected chi connectivity index (χ0v) is 12.0. The first-order valence-corrected chi connectivity index (χ1v) is 6.56. The molecule has 7 heteroatoms. The van der Waals surface area contributed by atoms with E-state index in [9.17, 15) is 10.1 Å². The molecule has 1 fully saturated rings. The smallest absolute Gasteiger partial charge is 0.271 e. The van der Waals surface area contributed by atoms with E-state index in [2.05, 4.69) is 29.3 Å². The molecule has 0 aliphatic carbocycles. The first kappa shape index (κ1) is 17.6. The Morgan fingerprint density at radius 3 is 2.26 bits per heavy atom. The van der Waals surface area contributed by atoms with Gasteiger partial charge in [-0.25, -0.2) is 0 Å². The Hall–Kier alpha value is -1.37. The maximum atomic E-state index is 10.2. The molecular weight excluding hydrogens is 268 g/mol. The fourth-order valence-electron chi connectivity index (χ4n) is 0.928. The SMILES string of the molecule is C1CN1.CCNCC.O=[N+]([O-])c1cccc(NCl)c1. The van der Waals surface area contributed by atoms with Gasteiger partial charge < -0.3 is 10.6 Å². The van der Waals surface area contributed by atoms with Gasteiger partial charge in [-0.15, -0.1) is 0 Å². The van der Waals surface area contributed by atoms with Crippen LogP contribution in [0.2, 0.25) is 0 Å². The van der Waals surface area contributed by atoms with Gasteiger partial charge in [0.05, 0.1) is 10.6 Å². The fourth-order valence-corrected chi connectivity index (χ4v) is 1.05. The molecule has 108 valence electrons. The van der Waals surface area contributed by atoms with Crippen LogP contribution in [0.1, 0.15) is 13.8 Å². The number of nitro benzene ring substituents is 1. The molecule has 1 aromatic rings. The Labute approximate surface area is 118 Å². The van der Waals surface area contributed by atoms with Crippen LogP contribution in [0.15, 0.2) is 24.3 Å². The second-order valence-corrected chi connectivity index (χ2v) is 3.80. The molecule has 1 aliphatic heterocycles. The lowest BCUT2D eigenvalue weighted by Crippen LogP contribution is -2.09. The minimum absolute atomic E-state index is 0.0238. The van der Waals surface area contributed by atoms with Crippen molar-refractivity contribution in [3.05, 3.63) is 34.4 Å². The summed E-state index contributed by atoms with van der Waals surface area (Å²) in [6.45, 7) is 8.89. The summed E-state index contributed by atoms with van der Waals surface area (Å²) in [5, 5.41) is 16.3. The number of hydrogen-bond acceptors (Lipinski definition) is 5. The molecule has 0 spiro atoms. The molecule has 2 rings (SSSR count). The van der Waals surface area contributed by atoms with Crippen molar-refractivity contribution in [3.63, 3.8) is 0 Å². The van der Waals surface area contributed by atoms with Crippen LogP contribution in [0.25, 0.3) is 0 Å². The van der Waals surface area contributed by atoms with Gasteiger partial charge in [-0.05, 0) is 19.2 Å². The number of halogens is 1. The summed E-state index contributed by atoms with van der Waals surface area (Å²) in [5.74, 6) is 0. The molecule has 0 atom stereocenters. The normalized spacial score (nSPS) is 11.3. The highest BCUT2D eigenvalue weighted by Gasteiger charge is 2.03. The molecule has 6 nitrogen and oxygen atoms in total. The topological polar surface area (TPSA) is 89.1 Å². The van der Waals surface area contributed by atoms with E-state index < -0.39 is 4.92 Å². The van der Waals surface area contributed by atoms with Gasteiger partial charge in [-0.2, -0.15) is 0 Å². The van der Waals surface area contributed by atoms with Crippen LogP contribution in [0, 0.1) is 10.1 Å². The zero-order valence-electron chi connectivity index (χ0n) is 11.3. The molecule has 1 aromatic carbocycles. The van der Waals surface area contributed by atoms with Gasteiger partial charge in [0, 0.05) is 37.0 Å². The lowest BCUT2D eigenvalue weighted by molar-refractivity contribution is -0.384. The fraction of sp³-hybridized carbons (Fsp3) is 0.500. The summed E-state index contributed by atoms with van der Waals surface area (Å²) in [7, 11) is 0. The zero-order chi connectivity index (χ0) is 14.5. The van der Waals surface area contributed by atoms with Crippen LogP contribution in [-0.4, -0.2) is 31.1 Å². The lowest BCUT2D eigenvalue weighted by atomic mass is 10.3. The van der Waals surface area contributed by atoms with Gasteiger partial charge in [0.15, 0.2) is 0 Å². The molecule has 0 bridgehead atoms. The average Bonchev–Trinajstić information content (AvgIpc) is 3.28. The summed E-state index contributed by atoms with van der Waals surface area (Å²) >= 11 is 5.23. The van der Waals surface area contributed by atoms with Crippen molar-refractivity contribution >= 4 is 23.2 Å². The minimum Gasteiger partial charge on any atom is -0.317 e. The predicted molar refractivity (Wildman–Crippen MR) is 79.7 cm³/mol. The number of nitrogens with zero attached hydrogens (tertiary/aromatic N) is 1. The van der Waals surface area contributed by atoms with Crippen molar-refractivity contribution in [2.75, 3.05) is 31.0 Å². The van der Waals surface area contributed by atoms with Crippen LogP contribution < -0.4 is 15.5 Å². The standard InChI is InChI=1S/C6H5ClN2O2.C4H11N.C2H5N/c7-8-5-2-1-3-6(4-5)9(10)11;1-3-5-4-2;1-2-3-1/h1-4,8H;5H,3-4H2,1-2H3;3H,1-2H2. The number of nitro groups is 1. The predicted octanol–water partition coefficient (Wildman–Crippen LogP) is 2.37. The number of benzene rings is 1. The Morgan fingerprint density at radius 2 is 1.95 bits per heavy atom. The lowest BCUT2D eigenvalue weighted by Gasteiger charge is -1.95. The first-order valence-electron chi connectivity index (χ1n) is 6.18. The van der Waals surface area contributed by atoms with E-state index >= 15 is 0 Å².